The van der Waals surface area contributed by atoms with Crippen molar-refractivity contribution in [3.05, 3.63) is 63.0 Å². The van der Waals surface area contributed by atoms with Crippen LogP contribution in [0.2, 0.25) is 5.02 Å². The Labute approximate surface area is 175 Å². The Hall–Kier alpha value is -2.58. The number of phenolic OH excluding ortho intramolecular Hbond substituents is 1. The molecule has 9 heteroatoms. The summed E-state index contributed by atoms with van der Waals surface area (Å²) in [6.45, 7) is 1.64. The number of nitroso groups, excluding NO2 is 1. The fraction of sp³-hybridized carbons (Fsp3) is 0.333. The van der Waals surface area contributed by atoms with E-state index in [1.807, 2.05) is 0 Å². The molecule has 0 saturated heterocycles. The topological polar surface area (TPSA) is 72.6 Å². The summed E-state index contributed by atoms with van der Waals surface area (Å²) in [7, 11) is 0. The number of aliphatic hydroxyl groups is 1. The van der Waals surface area contributed by atoms with Crippen molar-refractivity contribution in [1.29, 1.82) is 0 Å². The van der Waals surface area contributed by atoms with Crippen molar-refractivity contribution in [2.24, 2.45) is 0 Å². The van der Waals surface area contributed by atoms with Gasteiger partial charge in [0.25, 0.3) is 5.69 Å². The number of alkyl halides is 3. The Morgan fingerprint density at radius 3 is 2.70 bits per heavy atom. The molecule has 1 aliphatic heterocycles. The second-order valence-electron chi connectivity index (χ2n) is 7.71. The first-order valence-corrected chi connectivity index (χ1v) is 9.73. The van der Waals surface area contributed by atoms with E-state index >= 15 is 0 Å². The van der Waals surface area contributed by atoms with Crippen LogP contribution in [0.15, 0.2) is 36.4 Å². The van der Waals surface area contributed by atoms with Crippen LogP contribution in [0.5, 0.6) is 5.75 Å². The molecule has 4 rings (SSSR count). The van der Waals surface area contributed by atoms with Crippen LogP contribution in [0.1, 0.15) is 42.0 Å². The van der Waals surface area contributed by atoms with Crippen molar-refractivity contribution in [1.82, 2.24) is 0 Å². The maximum absolute atomic E-state index is 14.1. The number of rotatable bonds is 2. The number of hydrogen-bond acceptors (Lipinski definition) is 4. The Morgan fingerprint density at radius 1 is 1.27 bits per heavy atom. The number of nitrogens with one attached hydrogen (secondary N) is 1. The number of benzene rings is 2. The lowest BCUT2D eigenvalue weighted by Gasteiger charge is -2.45. The summed E-state index contributed by atoms with van der Waals surface area (Å²) >= 11 is 5.99. The minimum Gasteiger partial charge on any atom is -0.506 e. The van der Waals surface area contributed by atoms with E-state index in [2.05, 4.69) is 5.32 Å². The molecular weight excluding hydrogens is 421 g/mol. The van der Waals surface area contributed by atoms with Gasteiger partial charge in [-0.05, 0) is 42.2 Å². The zero-order valence-electron chi connectivity index (χ0n) is 15.9. The Kier molecular flexibility index (Phi) is 4.82. The fourth-order valence-electron chi connectivity index (χ4n) is 4.38. The molecule has 0 spiro atoms. The minimum absolute atomic E-state index is 0.0267. The van der Waals surface area contributed by atoms with Crippen LogP contribution in [0, 0.1) is 4.91 Å². The van der Waals surface area contributed by atoms with Crippen LogP contribution in [0.25, 0.3) is 6.08 Å². The third-order valence-corrected chi connectivity index (χ3v) is 6.10. The van der Waals surface area contributed by atoms with Crippen molar-refractivity contribution >= 4 is 29.1 Å². The molecule has 0 saturated carbocycles. The predicted molar refractivity (Wildman–Crippen MR) is 107 cm³/mol. The molecule has 0 radical (unpaired) electrons. The molecule has 1 aliphatic carbocycles. The number of fused-ring (bicyclic) bond motifs is 2. The third kappa shape index (κ3) is 3.06. The second-order valence-corrected chi connectivity index (χ2v) is 8.11. The van der Waals surface area contributed by atoms with E-state index in [1.165, 1.54) is 19.1 Å². The summed E-state index contributed by atoms with van der Waals surface area (Å²) < 4.78 is 43.0. The van der Waals surface area contributed by atoms with Gasteiger partial charge in [0.15, 0.2) is 5.60 Å². The largest absolute Gasteiger partial charge is 0.506 e. The first-order valence-electron chi connectivity index (χ1n) is 9.35. The monoisotopic (exact) mass is 439 g/mol. The van der Waals surface area contributed by atoms with Crippen LogP contribution in [0.3, 0.4) is 0 Å². The molecule has 0 unspecified atom stereocenters. The number of hydrogen-bond donors (Lipinski definition) is 3. The summed E-state index contributed by atoms with van der Waals surface area (Å²) in [5.41, 5.74) is -1.71. The van der Waals surface area contributed by atoms with Crippen molar-refractivity contribution < 1.29 is 28.1 Å². The predicted octanol–water partition coefficient (Wildman–Crippen LogP) is 5.44. The number of halogens is 4. The van der Waals surface area contributed by atoms with Gasteiger partial charge in [0.05, 0.1) is 16.6 Å². The molecule has 30 heavy (non-hydrogen) atoms. The molecule has 2 aliphatic rings. The lowest BCUT2D eigenvalue weighted by atomic mass is 9.70. The number of anilines is 1. The Bertz CT molecular complexity index is 1070. The van der Waals surface area contributed by atoms with Gasteiger partial charge in [-0.15, -0.1) is 0 Å². The van der Waals surface area contributed by atoms with Gasteiger partial charge in [-0.25, -0.2) is 0 Å². The molecular formula is C21H19ClF3N2O3+. The van der Waals surface area contributed by atoms with E-state index < -0.39 is 30.2 Å². The second kappa shape index (κ2) is 6.99. The van der Waals surface area contributed by atoms with Gasteiger partial charge in [-0.2, -0.15) is 13.2 Å². The average Bonchev–Trinajstić information content (AvgIpc) is 2.67. The minimum atomic E-state index is -4.94. The first kappa shape index (κ1) is 20.7. The summed E-state index contributed by atoms with van der Waals surface area (Å²) in [6.07, 6.45) is -2.34. The van der Waals surface area contributed by atoms with Gasteiger partial charge >= 0.3 is 6.18 Å². The van der Waals surface area contributed by atoms with Gasteiger partial charge in [-0.1, -0.05) is 30.7 Å². The Balaban J connectivity index is 1.90. The fourth-order valence-corrected chi connectivity index (χ4v) is 4.54. The van der Waals surface area contributed by atoms with E-state index in [1.54, 1.807) is 30.4 Å². The Morgan fingerprint density at radius 2 is 2.00 bits per heavy atom. The standard InChI is InChI=1S/C21H18ClF3N2O3/c1-11-10-20(29,21(23,24)25)19(13-7-8-14(22)18(28)17(11)13)26-15-5-2-6-16-12(15)4-3-9-27(16)30/h2-8,11,19,26,29H,9-10H2,1H3/p+1/t11-,19-,20+/m1/s1. The van der Waals surface area contributed by atoms with Crippen molar-refractivity contribution in [2.75, 3.05) is 11.9 Å². The van der Waals surface area contributed by atoms with Crippen LogP contribution in [0.4, 0.5) is 24.5 Å². The van der Waals surface area contributed by atoms with Gasteiger partial charge in [0.1, 0.15) is 5.75 Å². The molecule has 2 aromatic carbocycles. The molecule has 3 atom stereocenters. The zero-order chi connectivity index (χ0) is 21.8. The van der Waals surface area contributed by atoms with E-state index in [-0.39, 0.29) is 34.1 Å². The third-order valence-electron chi connectivity index (χ3n) is 5.80. The lowest BCUT2D eigenvalue weighted by molar-refractivity contribution is -0.452. The zero-order valence-corrected chi connectivity index (χ0v) is 16.6. The molecule has 0 fully saturated rings. The van der Waals surface area contributed by atoms with E-state index in [0.29, 0.717) is 11.3 Å². The van der Waals surface area contributed by atoms with Crippen LogP contribution < -0.4 is 5.32 Å². The maximum atomic E-state index is 14.1. The van der Waals surface area contributed by atoms with Crippen LogP contribution in [-0.4, -0.2) is 33.3 Å². The molecule has 158 valence electrons. The van der Waals surface area contributed by atoms with Crippen LogP contribution in [-0.2, 0) is 0 Å². The van der Waals surface area contributed by atoms with Crippen molar-refractivity contribution in [2.45, 2.75) is 37.1 Å². The summed E-state index contributed by atoms with van der Waals surface area (Å²) in [4.78, 5) is 12.1. The molecule has 0 amide bonds. The SMILES string of the molecule is C[C@@H]1C[C@@](O)(C(F)(F)F)[C@H](Nc2cccc3c2C=CC[N+]3=O)c2ccc(Cl)c(O)c21. The average molecular weight is 440 g/mol. The molecule has 3 N–H and O–H groups in total. The van der Waals surface area contributed by atoms with Gasteiger partial charge < -0.3 is 15.5 Å². The molecule has 1 heterocycles. The molecule has 0 bridgehead atoms. The smallest absolute Gasteiger partial charge is 0.419 e. The number of aromatic hydroxyl groups is 1. The number of phenols is 1. The maximum Gasteiger partial charge on any atom is 0.419 e. The first-order chi connectivity index (χ1) is 14.0. The summed E-state index contributed by atoms with van der Waals surface area (Å²) in [6, 6.07) is 5.76. The highest BCUT2D eigenvalue weighted by molar-refractivity contribution is 6.32. The highest BCUT2D eigenvalue weighted by Gasteiger charge is 2.62. The van der Waals surface area contributed by atoms with Gasteiger partial charge in [0, 0.05) is 27.0 Å². The van der Waals surface area contributed by atoms with Crippen molar-refractivity contribution in [3.8, 4) is 5.75 Å². The summed E-state index contributed by atoms with van der Waals surface area (Å²) in [5, 5.41) is 24.1. The van der Waals surface area contributed by atoms with E-state index in [4.69, 9.17) is 11.6 Å². The molecule has 0 aromatic heterocycles. The quantitative estimate of drug-likeness (QED) is 0.545. The molecule has 5 nitrogen and oxygen atoms in total. The normalized spacial score (nSPS) is 25.6. The number of nitrogens with zero attached hydrogens (tertiary/aromatic N) is 1. The highest BCUT2D eigenvalue weighted by Crippen LogP contribution is 2.55. The van der Waals surface area contributed by atoms with Crippen LogP contribution >= 0.6 is 11.6 Å². The van der Waals surface area contributed by atoms with E-state index in [9.17, 15) is 28.3 Å². The summed E-state index contributed by atoms with van der Waals surface area (Å²) in [5.74, 6) is -1.08. The molecule has 2 aromatic rings. The van der Waals surface area contributed by atoms with Gasteiger partial charge in [0.2, 0.25) is 6.54 Å². The van der Waals surface area contributed by atoms with Crippen molar-refractivity contribution in [3.63, 3.8) is 0 Å². The lowest BCUT2D eigenvalue weighted by Crippen LogP contribution is -2.55. The van der Waals surface area contributed by atoms with E-state index in [0.717, 1.165) is 4.76 Å². The van der Waals surface area contributed by atoms with Gasteiger partial charge in [-0.3, -0.25) is 0 Å². The highest BCUT2D eigenvalue weighted by atomic mass is 35.5.